The van der Waals surface area contributed by atoms with Crippen LogP contribution in [0.5, 0.6) is 5.75 Å². The van der Waals surface area contributed by atoms with Gasteiger partial charge in [0.2, 0.25) is 0 Å². The smallest absolute Gasteiger partial charge is 0.320 e. The molecule has 114 valence electrons. The Morgan fingerprint density at radius 3 is 3.00 bits per heavy atom. The minimum Gasteiger partial charge on any atom is -0.492 e. The van der Waals surface area contributed by atoms with E-state index in [-0.39, 0.29) is 18.6 Å². The Labute approximate surface area is 129 Å². The summed E-state index contributed by atoms with van der Waals surface area (Å²) in [5.41, 5.74) is 1.83. The third kappa shape index (κ3) is 3.62. The molecule has 5 heteroatoms. The Morgan fingerprint density at radius 2 is 2.14 bits per heavy atom. The van der Waals surface area contributed by atoms with Crippen molar-refractivity contribution in [2.24, 2.45) is 0 Å². The second kappa shape index (κ2) is 7.04. The zero-order valence-electron chi connectivity index (χ0n) is 12.2. The maximum atomic E-state index is 11.8. The van der Waals surface area contributed by atoms with Crippen molar-refractivity contribution in [1.29, 1.82) is 0 Å². The molecule has 1 aromatic carbocycles. The van der Waals surface area contributed by atoms with Gasteiger partial charge in [-0.3, -0.25) is 15.1 Å². The van der Waals surface area contributed by atoms with E-state index in [9.17, 15) is 4.79 Å². The van der Waals surface area contributed by atoms with Gasteiger partial charge in [0.05, 0.1) is 24.9 Å². The molecule has 0 saturated carbocycles. The molecule has 0 amide bonds. The molecule has 0 bridgehead atoms. The van der Waals surface area contributed by atoms with Gasteiger partial charge in [-0.2, -0.15) is 0 Å². The second-order valence-electron chi connectivity index (χ2n) is 5.10. The zero-order chi connectivity index (χ0) is 15.2. The molecular formula is C17H18N2O3. The second-order valence-corrected chi connectivity index (χ2v) is 5.10. The number of esters is 1. The van der Waals surface area contributed by atoms with Crippen LogP contribution in [0.4, 0.5) is 0 Å². The average molecular weight is 298 g/mol. The predicted molar refractivity (Wildman–Crippen MR) is 81.3 cm³/mol. The summed E-state index contributed by atoms with van der Waals surface area (Å²) in [6, 6.07) is 13.4. The highest BCUT2D eigenvalue weighted by atomic mass is 16.5. The lowest BCUT2D eigenvalue weighted by atomic mass is 10.1. The number of hydrogen-bond donors (Lipinski definition) is 1. The van der Waals surface area contributed by atoms with Crippen LogP contribution in [-0.2, 0) is 16.1 Å². The number of carbonyl (C=O) groups excluding carboxylic acids is 1. The standard InChI is InChI=1S/C17H18N2O3/c20-16(22-12-13-5-2-1-3-6-13)11-19-14-8-10-21-15-7-4-9-18-17(14)15/h1-7,9,14,19H,8,10-12H2/t14-/m0/s1. The molecule has 1 aliphatic heterocycles. The Balaban J connectivity index is 1.50. The van der Waals surface area contributed by atoms with E-state index in [1.54, 1.807) is 6.20 Å². The van der Waals surface area contributed by atoms with E-state index in [0.717, 1.165) is 23.4 Å². The predicted octanol–water partition coefficient (Wildman–Crippen LogP) is 2.24. The summed E-state index contributed by atoms with van der Waals surface area (Å²) in [6.45, 7) is 1.08. The molecule has 0 unspecified atom stereocenters. The Kier molecular flexibility index (Phi) is 4.65. The van der Waals surface area contributed by atoms with Crippen LogP contribution >= 0.6 is 0 Å². The lowest BCUT2D eigenvalue weighted by molar-refractivity contribution is -0.144. The van der Waals surface area contributed by atoms with Gasteiger partial charge >= 0.3 is 5.97 Å². The van der Waals surface area contributed by atoms with Crippen molar-refractivity contribution < 1.29 is 14.3 Å². The number of rotatable bonds is 5. The summed E-state index contributed by atoms with van der Waals surface area (Å²) in [5.74, 6) is 0.511. The van der Waals surface area contributed by atoms with Gasteiger partial charge in [0.25, 0.3) is 0 Å². The van der Waals surface area contributed by atoms with E-state index in [2.05, 4.69) is 10.3 Å². The van der Waals surface area contributed by atoms with Gasteiger partial charge in [0.15, 0.2) is 0 Å². The summed E-state index contributed by atoms with van der Waals surface area (Å²) in [7, 11) is 0. The molecule has 0 spiro atoms. The lowest BCUT2D eigenvalue weighted by Gasteiger charge is -2.25. The SMILES string of the molecule is O=C(CN[C@H]1CCOc2cccnc21)OCc1ccccc1. The quantitative estimate of drug-likeness (QED) is 0.858. The Morgan fingerprint density at radius 1 is 1.27 bits per heavy atom. The summed E-state index contributed by atoms with van der Waals surface area (Å²) in [6.07, 6.45) is 2.52. The van der Waals surface area contributed by atoms with E-state index in [0.29, 0.717) is 13.2 Å². The largest absolute Gasteiger partial charge is 0.492 e. The van der Waals surface area contributed by atoms with Crippen molar-refractivity contribution in [3.8, 4) is 5.75 Å². The number of ether oxygens (including phenoxy) is 2. The van der Waals surface area contributed by atoms with Crippen LogP contribution in [0.3, 0.4) is 0 Å². The minimum atomic E-state index is -0.271. The molecular weight excluding hydrogens is 280 g/mol. The summed E-state index contributed by atoms with van der Waals surface area (Å²) >= 11 is 0. The first-order valence-corrected chi connectivity index (χ1v) is 7.33. The van der Waals surface area contributed by atoms with Crippen molar-refractivity contribution in [2.45, 2.75) is 19.1 Å². The maximum absolute atomic E-state index is 11.8. The number of fused-ring (bicyclic) bond motifs is 1. The molecule has 0 aliphatic carbocycles. The normalized spacial score (nSPS) is 16.5. The highest BCUT2D eigenvalue weighted by molar-refractivity contribution is 5.71. The minimum absolute atomic E-state index is 0.0224. The molecule has 1 aromatic heterocycles. The number of aromatic nitrogens is 1. The monoisotopic (exact) mass is 298 g/mol. The average Bonchev–Trinajstić information content (AvgIpc) is 2.59. The molecule has 1 N–H and O–H groups in total. The lowest BCUT2D eigenvalue weighted by Crippen LogP contribution is -2.32. The van der Waals surface area contributed by atoms with Crippen LogP contribution in [0.15, 0.2) is 48.7 Å². The molecule has 1 atom stereocenters. The van der Waals surface area contributed by atoms with Crippen molar-refractivity contribution in [1.82, 2.24) is 10.3 Å². The van der Waals surface area contributed by atoms with E-state index in [4.69, 9.17) is 9.47 Å². The van der Waals surface area contributed by atoms with E-state index in [1.807, 2.05) is 42.5 Å². The van der Waals surface area contributed by atoms with E-state index in [1.165, 1.54) is 0 Å². The van der Waals surface area contributed by atoms with Crippen LogP contribution in [-0.4, -0.2) is 24.1 Å². The van der Waals surface area contributed by atoms with Gasteiger partial charge < -0.3 is 9.47 Å². The molecule has 0 radical (unpaired) electrons. The molecule has 5 nitrogen and oxygen atoms in total. The zero-order valence-corrected chi connectivity index (χ0v) is 12.2. The number of carbonyl (C=O) groups is 1. The first-order chi connectivity index (χ1) is 10.8. The number of benzene rings is 1. The van der Waals surface area contributed by atoms with E-state index >= 15 is 0 Å². The van der Waals surface area contributed by atoms with Crippen LogP contribution < -0.4 is 10.1 Å². The Bertz CT molecular complexity index is 631. The number of hydrogen-bond acceptors (Lipinski definition) is 5. The van der Waals surface area contributed by atoms with Gasteiger partial charge in [-0.1, -0.05) is 30.3 Å². The van der Waals surface area contributed by atoms with Crippen molar-refractivity contribution in [2.75, 3.05) is 13.2 Å². The van der Waals surface area contributed by atoms with Gasteiger partial charge in [0, 0.05) is 12.6 Å². The molecule has 1 aliphatic rings. The molecule has 3 rings (SSSR count). The fraction of sp³-hybridized carbons (Fsp3) is 0.294. The Hall–Kier alpha value is -2.40. The highest BCUT2D eigenvalue weighted by Gasteiger charge is 2.22. The van der Waals surface area contributed by atoms with Crippen LogP contribution in [0.2, 0.25) is 0 Å². The molecule has 2 aromatic rings. The fourth-order valence-electron chi connectivity index (χ4n) is 2.40. The van der Waals surface area contributed by atoms with Crippen LogP contribution in [0.1, 0.15) is 23.7 Å². The third-order valence-corrected chi connectivity index (χ3v) is 3.53. The number of nitrogens with one attached hydrogen (secondary N) is 1. The van der Waals surface area contributed by atoms with Crippen LogP contribution in [0.25, 0.3) is 0 Å². The summed E-state index contributed by atoms with van der Waals surface area (Å²) in [4.78, 5) is 16.2. The van der Waals surface area contributed by atoms with Gasteiger partial charge in [0.1, 0.15) is 12.4 Å². The molecule has 0 fully saturated rings. The van der Waals surface area contributed by atoms with Crippen molar-refractivity contribution in [3.05, 3.63) is 59.9 Å². The van der Waals surface area contributed by atoms with Gasteiger partial charge in [-0.15, -0.1) is 0 Å². The first-order valence-electron chi connectivity index (χ1n) is 7.33. The first kappa shape index (κ1) is 14.5. The summed E-state index contributed by atoms with van der Waals surface area (Å²) < 4.78 is 10.8. The third-order valence-electron chi connectivity index (χ3n) is 3.53. The molecule has 22 heavy (non-hydrogen) atoms. The van der Waals surface area contributed by atoms with Crippen molar-refractivity contribution in [3.63, 3.8) is 0 Å². The molecule has 0 saturated heterocycles. The highest BCUT2D eigenvalue weighted by Crippen LogP contribution is 2.29. The summed E-state index contributed by atoms with van der Waals surface area (Å²) in [5, 5.41) is 3.20. The van der Waals surface area contributed by atoms with E-state index < -0.39 is 0 Å². The number of nitrogens with zero attached hydrogens (tertiary/aromatic N) is 1. The maximum Gasteiger partial charge on any atom is 0.320 e. The van der Waals surface area contributed by atoms with Gasteiger partial charge in [-0.05, 0) is 17.7 Å². The van der Waals surface area contributed by atoms with Gasteiger partial charge in [-0.25, -0.2) is 0 Å². The number of pyridine rings is 1. The van der Waals surface area contributed by atoms with Crippen molar-refractivity contribution >= 4 is 5.97 Å². The fourth-order valence-corrected chi connectivity index (χ4v) is 2.40. The molecule has 2 heterocycles. The van der Waals surface area contributed by atoms with Crippen LogP contribution in [0, 0.1) is 0 Å². The topological polar surface area (TPSA) is 60.5 Å².